The molecule has 2 N–H and O–H groups in total. The molecule has 0 saturated heterocycles. The summed E-state index contributed by atoms with van der Waals surface area (Å²) >= 11 is 3.21. The van der Waals surface area contributed by atoms with Gasteiger partial charge in [0.2, 0.25) is 0 Å². The van der Waals surface area contributed by atoms with Crippen LogP contribution in [0.2, 0.25) is 0 Å². The second kappa shape index (κ2) is 4.97. The Bertz CT molecular complexity index is 435. The fourth-order valence-electron chi connectivity index (χ4n) is 1.03. The van der Waals surface area contributed by atoms with Gasteiger partial charge >= 0.3 is 0 Å². The van der Waals surface area contributed by atoms with E-state index in [1.54, 1.807) is 6.92 Å². The molecule has 0 aliphatic carbocycles. The van der Waals surface area contributed by atoms with Crippen molar-refractivity contribution in [1.82, 2.24) is 4.98 Å². The van der Waals surface area contributed by atoms with Gasteiger partial charge in [-0.15, -0.1) is 0 Å². The number of nitro groups is 1. The van der Waals surface area contributed by atoms with E-state index >= 15 is 0 Å². The number of aliphatic hydroxyl groups is 1. The van der Waals surface area contributed by atoms with E-state index in [0.29, 0.717) is 10.3 Å². The van der Waals surface area contributed by atoms with Crippen LogP contribution in [-0.2, 0) is 0 Å². The molecule has 0 aliphatic heterocycles. The van der Waals surface area contributed by atoms with Crippen molar-refractivity contribution in [2.24, 2.45) is 0 Å². The first-order valence-electron chi connectivity index (χ1n) is 5.00. The Morgan fingerprint density at radius 1 is 1.65 bits per heavy atom. The Morgan fingerprint density at radius 3 is 2.65 bits per heavy atom. The molecule has 0 bridgehead atoms. The lowest BCUT2D eigenvalue weighted by Crippen LogP contribution is -2.42. The van der Waals surface area contributed by atoms with Crippen LogP contribution in [0.3, 0.4) is 0 Å². The molecule has 6 nitrogen and oxygen atoms in total. The fourth-order valence-corrected chi connectivity index (χ4v) is 1.47. The van der Waals surface area contributed by atoms with Gasteiger partial charge in [0.25, 0.3) is 5.69 Å². The van der Waals surface area contributed by atoms with Gasteiger partial charge in [-0.05, 0) is 36.7 Å². The van der Waals surface area contributed by atoms with E-state index in [9.17, 15) is 15.2 Å². The van der Waals surface area contributed by atoms with E-state index in [2.05, 4.69) is 26.2 Å². The van der Waals surface area contributed by atoms with E-state index in [4.69, 9.17) is 0 Å². The summed E-state index contributed by atoms with van der Waals surface area (Å²) in [6, 6.07) is 1.37. The smallest absolute Gasteiger partial charge is 0.288 e. The van der Waals surface area contributed by atoms with Gasteiger partial charge in [-0.25, -0.2) is 4.98 Å². The van der Waals surface area contributed by atoms with Gasteiger partial charge in [0.05, 0.1) is 21.0 Å². The number of nitrogens with one attached hydrogen (secondary N) is 1. The van der Waals surface area contributed by atoms with E-state index in [0.717, 1.165) is 0 Å². The van der Waals surface area contributed by atoms with Crippen molar-refractivity contribution < 1.29 is 10.0 Å². The molecule has 7 heteroatoms. The molecule has 0 aliphatic rings. The monoisotopic (exact) mass is 303 g/mol. The highest BCUT2D eigenvalue weighted by molar-refractivity contribution is 9.10. The predicted octanol–water partition coefficient (Wildman–Crippen LogP) is 2.32. The number of aliphatic hydroxyl groups excluding tert-OH is 1. The summed E-state index contributed by atoms with van der Waals surface area (Å²) in [7, 11) is 0. The topological polar surface area (TPSA) is 88.3 Å². The molecule has 1 aromatic rings. The van der Waals surface area contributed by atoms with Crippen molar-refractivity contribution in [1.29, 1.82) is 0 Å². The molecule has 0 aromatic carbocycles. The van der Waals surface area contributed by atoms with Gasteiger partial charge in [-0.2, -0.15) is 0 Å². The summed E-state index contributed by atoms with van der Waals surface area (Å²) in [5, 5.41) is 23.1. The Kier molecular flexibility index (Phi) is 4.05. The zero-order chi connectivity index (χ0) is 13.2. The average molecular weight is 304 g/mol. The van der Waals surface area contributed by atoms with Crippen LogP contribution in [0.1, 0.15) is 20.8 Å². The maximum Gasteiger partial charge on any atom is 0.288 e. The molecule has 0 spiro atoms. The van der Waals surface area contributed by atoms with E-state index in [1.165, 1.54) is 12.3 Å². The zero-order valence-electron chi connectivity index (χ0n) is 9.77. The van der Waals surface area contributed by atoms with Gasteiger partial charge in [-0.3, -0.25) is 10.1 Å². The van der Waals surface area contributed by atoms with Crippen molar-refractivity contribution in [3.8, 4) is 0 Å². The summed E-state index contributed by atoms with van der Waals surface area (Å²) < 4.78 is 0.487. The number of hydrogen-bond acceptors (Lipinski definition) is 5. The SMILES string of the molecule is CC(O)C(C)(C)Nc1ncc([N+](=O)[O-])cc1Br. The molecule has 1 aromatic heterocycles. The summed E-state index contributed by atoms with van der Waals surface area (Å²) in [5.74, 6) is 0.460. The Morgan fingerprint density at radius 2 is 2.24 bits per heavy atom. The third-order valence-corrected chi connectivity index (χ3v) is 3.13. The van der Waals surface area contributed by atoms with Crippen molar-refractivity contribution in [3.63, 3.8) is 0 Å². The van der Waals surface area contributed by atoms with E-state index in [1.807, 2.05) is 13.8 Å². The third kappa shape index (κ3) is 3.37. The Hall–Kier alpha value is -1.21. The standard InChI is InChI=1S/C10H14BrN3O3/c1-6(15)10(2,3)13-9-8(11)4-7(5-12-9)14(16)17/h4-6,15H,1-3H3,(H,12,13). The fraction of sp³-hybridized carbons (Fsp3) is 0.500. The highest BCUT2D eigenvalue weighted by Crippen LogP contribution is 2.27. The second-order valence-electron chi connectivity index (χ2n) is 4.30. The summed E-state index contributed by atoms with van der Waals surface area (Å²) in [5.41, 5.74) is -0.664. The van der Waals surface area contributed by atoms with Gasteiger partial charge in [0.15, 0.2) is 0 Å². The molecular formula is C10H14BrN3O3. The quantitative estimate of drug-likeness (QED) is 0.658. The van der Waals surface area contributed by atoms with Crippen LogP contribution >= 0.6 is 15.9 Å². The molecule has 1 unspecified atom stereocenters. The Balaban J connectivity index is 2.98. The number of pyridine rings is 1. The minimum absolute atomic E-state index is 0.0859. The van der Waals surface area contributed by atoms with Crippen molar-refractivity contribution in [2.75, 3.05) is 5.32 Å². The van der Waals surface area contributed by atoms with Crippen LogP contribution in [0.15, 0.2) is 16.7 Å². The number of anilines is 1. The second-order valence-corrected chi connectivity index (χ2v) is 5.16. The molecule has 94 valence electrons. The Labute approximate surface area is 107 Å². The van der Waals surface area contributed by atoms with Gasteiger partial charge in [0.1, 0.15) is 12.0 Å². The maximum absolute atomic E-state index is 10.5. The lowest BCUT2D eigenvalue weighted by Gasteiger charge is -2.30. The van der Waals surface area contributed by atoms with E-state index < -0.39 is 16.6 Å². The van der Waals surface area contributed by atoms with Gasteiger partial charge in [0, 0.05) is 6.07 Å². The van der Waals surface area contributed by atoms with Crippen LogP contribution < -0.4 is 5.32 Å². The minimum atomic E-state index is -0.591. The largest absolute Gasteiger partial charge is 0.391 e. The van der Waals surface area contributed by atoms with Gasteiger partial charge < -0.3 is 10.4 Å². The molecular weight excluding hydrogens is 290 g/mol. The molecule has 0 saturated carbocycles. The zero-order valence-corrected chi connectivity index (χ0v) is 11.4. The molecule has 1 rings (SSSR count). The molecule has 1 atom stereocenters. The molecule has 0 fully saturated rings. The van der Waals surface area contributed by atoms with Crippen LogP contribution in [0.5, 0.6) is 0 Å². The average Bonchev–Trinajstić information content (AvgIpc) is 2.20. The van der Waals surface area contributed by atoms with E-state index in [-0.39, 0.29) is 5.69 Å². The highest BCUT2D eigenvalue weighted by Gasteiger charge is 2.25. The molecule has 1 heterocycles. The third-order valence-electron chi connectivity index (χ3n) is 2.52. The lowest BCUT2D eigenvalue weighted by atomic mass is 9.99. The van der Waals surface area contributed by atoms with Crippen LogP contribution in [-0.4, -0.2) is 26.7 Å². The van der Waals surface area contributed by atoms with Gasteiger partial charge in [-0.1, -0.05) is 0 Å². The number of hydrogen-bond donors (Lipinski definition) is 2. The van der Waals surface area contributed by atoms with Crippen LogP contribution in [0, 0.1) is 10.1 Å². The van der Waals surface area contributed by atoms with Crippen LogP contribution in [0.4, 0.5) is 11.5 Å². The maximum atomic E-state index is 10.5. The lowest BCUT2D eigenvalue weighted by molar-refractivity contribution is -0.385. The number of nitrogens with zero attached hydrogens (tertiary/aromatic N) is 2. The summed E-state index contributed by atoms with van der Waals surface area (Å²) in [6.07, 6.45) is 0.581. The summed E-state index contributed by atoms with van der Waals surface area (Å²) in [4.78, 5) is 14.0. The van der Waals surface area contributed by atoms with Crippen molar-refractivity contribution in [2.45, 2.75) is 32.4 Å². The first-order chi connectivity index (χ1) is 7.74. The van der Waals surface area contributed by atoms with Crippen LogP contribution in [0.25, 0.3) is 0 Å². The molecule has 0 amide bonds. The predicted molar refractivity (Wildman–Crippen MR) is 68.0 cm³/mol. The number of aromatic nitrogens is 1. The number of halogens is 1. The normalized spacial score (nSPS) is 13.2. The summed E-state index contributed by atoms with van der Waals surface area (Å²) in [6.45, 7) is 5.28. The number of rotatable bonds is 4. The highest BCUT2D eigenvalue weighted by atomic mass is 79.9. The molecule has 17 heavy (non-hydrogen) atoms. The first-order valence-corrected chi connectivity index (χ1v) is 5.79. The minimum Gasteiger partial charge on any atom is -0.391 e. The van der Waals surface area contributed by atoms with Crippen molar-refractivity contribution in [3.05, 3.63) is 26.9 Å². The van der Waals surface area contributed by atoms with Crippen molar-refractivity contribution >= 4 is 27.4 Å². The molecule has 0 radical (unpaired) electrons. The first kappa shape index (κ1) is 13.9.